The lowest BCUT2D eigenvalue weighted by Gasteiger charge is -2.18. The molecule has 1 unspecified atom stereocenters. The van der Waals surface area contributed by atoms with E-state index in [2.05, 4.69) is 5.92 Å². The average molecular weight is 168 g/mol. The van der Waals surface area contributed by atoms with Crippen LogP contribution >= 0.6 is 11.8 Å². The highest BCUT2D eigenvalue weighted by Crippen LogP contribution is 2.25. The third-order valence-corrected chi connectivity index (χ3v) is 3.05. The Hall–Kier alpha value is -0.420. The maximum Gasteiger partial charge on any atom is 0.134 e. The van der Waals surface area contributed by atoms with Gasteiger partial charge in [-0.15, -0.1) is 18.2 Å². The summed E-state index contributed by atoms with van der Waals surface area (Å²) >= 11 is 1.74. The lowest BCUT2D eigenvalue weighted by molar-refractivity contribution is -0.120. The molecule has 1 rings (SSSR count). The van der Waals surface area contributed by atoms with Gasteiger partial charge in [-0.1, -0.05) is 5.92 Å². The Morgan fingerprint density at radius 2 is 2.55 bits per heavy atom. The van der Waals surface area contributed by atoms with Crippen LogP contribution in [0.4, 0.5) is 0 Å². The molecule has 2 heteroatoms. The zero-order valence-corrected chi connectivity index (χ0v) is 7.32. The summed E-state index contributed by atoms with van der Waals surface area (Å²) in [5.74, 6) is 3.74. The van der Waals surface area contributed by atoms with Crippen molar-refractivity contribution in [2.75, 3.05) is 5.75 Å². The monoisotopic (exact) mass is 168 g/mol. The van der Waals surface area contributed by atoms with Crippen molar-refractivity contribution in [2.45, 2.75) is 30.9 Å². The highest BCUT2D eigenvalue weighted by Gasteiger charge is 2.18. The standard InChI is InChI=1S/C9H12OS/c1-2-6-11-9-5-3-4-8(10)7-9/h1,9H,3-7H2. The summed E-state index contributed by atoms with van der Waals surface area (Å²) in [7, 11) is 0. The number of carbonyl (C=O) groups is 1. The maximum absolute atomic E-state index is 11.0. The summed E-state index contributed by atoms with van der Waals surface area (Å²) < 4.78 is 0. The smallest absolute Gasteiger partial charge is 0.134 e. The van der Waals surface area contributed by atoms with Gasteiger partial charge in [-0.3, -0.25) is 4.79 Å². The number of thioether (sulfide) groups is 1. The van der Waals surface area contributed by atoms with Crippen molar-refractivity contribution < 1.29 is 4.79 Å². The van der Waals surface area contributed by atoms with Gasteiger partial charge in [-0.25, -0.2) is 0 Å². The summed E-state index contributed by atoms with van der Waals surface area (Å²) in [6.07, 6.45) is 8.87. The lowest BCUT2D eigenvalue weighted by Crippen LogP contribution is -2.16. The minimum Gasteiger partial charge on any atom is -0.300 e. The molecule has 0 aromatic rings. The molecule has 0 spiro atoms. The van der Waals surface area contributed by atoms with E-state index in [0.717, 1.165) is 31.4 Å². The van der Waals surface area contributed by atoms with Gasteiger partial charge < -0.3 is 0 Å². The molecule has 1 atom stereocenters. The zero-order valence-electron chi connectivity index (χ0n) is 6.51. The van der Waals surface area contributed by atoms with Crippen LogP contribution in [0.5, 0.6) is 0 Å². The van der Waals surface area contributed by atoms with Crippen molar-refractivity contribution in [2.24, 2.45) is 0 Å². The predicted octanol–water partition coefficient (Wildman–Crippen LogP) is 1.86. The van der Waals surface area contributed by atoms with Gasteiger partial charge in [0.05, 0.1) is 5.75 Å². The Morgan fingerprint density at radius 1 is 1.73 bits per heavy atom. The number of hydrogen-bond donors (Lipinski definition) is 0. The van der Waals surface area contributed by atoms with Crippen molar-refractivity contribution in [3.05, 3.63) is 0 Å². The van der Waals surface area contributed by atoms with Crippen molar-refractivity contribution >= 4 is 17.5 Å². The number of hydrogen-bond acceptors (Lipinski definition) is 2. The fourth-order valence-electron chi connectivity index (χ4n) is 1.29. The van der Waals surface area contributed by atoms with E-state index in [1.807, 2.05) is 0 Å². The maximum atomic E-state index is 11.0. The molecule has 1 aliphatic carbocycles. The van der Waals surface area contributed by atoms with Gasteiger partial charge >= 0.3 is 0 Å². The molecule has 0 radical (unpaired) electrons. The van der Waals surface area contributed by atoms with Gasteiger partial charge in [0.15, 0.2) is 0 Å². The van der Waals surface area contributed by atoms with E-state index >= 15 is 0 Å². The van der Waals surface area contributed by atoms with Gasteiger partial charge in [0.25, 0.3) is 0 Å². The SMILES string of the molecule is C#CCSC1CCCC(=O)C1. The summed E-state index contributed by atoms with van der Waals surface area (Å²) in [5, 5.41) is 0.507. The number of ketones is 1. The number of terminal acetylenes is 1. The van der Waals surface area contributed by atoms with E-state index < -0.39 is 0 Å². The Kier molecular flexibility index (Phi) is 3.51. The first kappa shape index (κ1) is 8.67. The first-order valence-corrected chi connectivity index (χ1v) is 4.94. The fourth-order valence-corrected chi connectivity index (χ4v) is 2.26. The van der Waals surface area contributed by atoms with Gasteiger partial charge in [0, 0.05) is 18.1 Å². The first-order chi connectivity index (χ1) is 5.33. The molecule has 1 nitrogen and oxygen atoms in total. The first-order valence-electron chi connectivity index (χ1n) is 3.89. The van der Waals surface area contributed by atoms with Crippen molar-refractivity contribution in [3.8, 4) is 12.3 Å². The van der Waals surface area contributed by atoms with Gasteiger partial charge in [-0.05, 0) is 12.8 Å². The average Bonchev–Trinajstić information content (AvgIpc) is 2.01. The van der Waals surface area contributed by atoms with Crippen LogP contribution < -0.4 is 0 Å². The summed E-state index contributed by atoms with van der Waals surface area (Å²) in [6, 6.07) is 0. The van der Waals surface area contributed by atoms with Gasteiger partial charge in [-0.2, -0.15) is 0 Å². The molecule has 0 aromatic heterocycles. The molecular formula is C9H12OS. The second-order valence-electron chi connectivity index (χ2n) is 2.77. The molecule has 60 valence electrons. The summed E-state index contributed by atoms with van der Waals surface area (Å²) in [6.45, 7) is 0. The second-order valence-corrected chi connectivity index (χ2v) is 4.06. The molecule has 1 saturated carbocycles. The Bertz CT molecular complexity index is 180. The Balaban J connectivity index is 2.24. The minimum atomic E-state index is 0.408. The molecule has 0 heterocycles. The number of carbonyl (C=O) groups excluding carboxylic acids is 1. The fraction of sp³-hybridized carbons (Fsp3) is 0.667. The zero-order chi connectivity index (χ0) is 8.10. The van der Waals surface area contributed by atoms with Gasteiger partial charge in [0.2, 0.25) is 0 Å². The van der Waals surface area contributed by atoms with Crippen LogP contribution in [0, 0.1) is 12.3 Å². The number of rotatable bonds is 2. The largest absolute Gasteiger partial charge is 0.300 e. The van der Waals surface area contributed by atoms with E-state index in [0.29, 0.717) is 11.0 Å². The van der Waals surface area contributed by atoms with Crippen molar-refractivity contribution in [1.29, 1.82) is 0 Å². The summed E-state index contributed by atoms with van der Waals surface area (Å²) in [5.41, 5.74) is 0. The van der Waals surface area contributed by atoms with Crippen LogP contribution in [0.25, 0.3) is 0 Å². The number of Topliss-reactive ketones (excluding diaryl/α,β-unsaturated/α-hetero) is 1. The molecule has 0 saturated heterocycles. The minimum absolute atomic E-state index is 0.408. The van der Waals surface area contributed by atoms with Crippen LogP contribution in [0.3, 0.4) is 0 Å². The Labute approximate surface area is 71.9 Å². The topological polar surface area (TPSA) is 17.1 Å². The van der Waals surface area contributed by atoms with E-state index in [9.17, 15) is 4.79 Å². The molecular weight excluding hydrogens is 156 g/mol. The molecule has 0 aliphatic heterocycles. The van der Waals surface area contributed by atoms with Crippen LogP contribution in [0.1, 0.15) is 25.7 Å². The van der Waals surface area contributed by atoms with Gasteiger partial charge in [0.1, 0.15) is 5.78 Å². The molecule has 11 heavy (non-hydrogen) atoms. The molecule has 1 fully saturated rings. The van der Waals surface area contributed by atoms with Crippen molar-refractivity contribution in [3.63, 3.8) is 0 Å². The highest BCUT2D eigenvalue weighted by molar-refractivity contribution is 8.00. The van der Waals surface area contributed by atoms with Crippen LogP contribution in [-0.4, -0.2) is 16.8 Å². The predicted molar refractivity (Wildman–Crippen MR) is 48.6 cm³/mol. The highest BCUT2D eigenvalue weighted by atomic mass is 32.2. The molecule has 0 aromatic carbocycles. The molecule has 0 amide bonds. The normalized spacial score (nSPS) is 24.6. The Morgan fingerprint density at radius 3 is 3.18 bits per heavy atom. The van der Waals surface area contributed by atoms with E-state index in [1.165, 1.54) is 0 Å². The third-order valence-electron chi connectivity index (χ3n) is 1.84. The quantitative estimate of drug-likeness (QED) is 0.585. The van der Waals surface area contributed by atoms with Crippen molar-refractivity contribution in [1.82, 2.24) is 0 Å². The van der Waals surface area contributed by atoms with Crippen LogP contribution in [0.15, 0.2) is 0 Å². The van der Waals surface area contributed by atoms with Crippen LogP contribution in [-0.2, 0) is 4.79 Å². The van der Waals surface area contributed by atoms with E-state index in [1.54, 1.807) is 11.8 Å². The lowest BCUT2D eigenvalue weighted by atomic mass is 9.99. The van der Waals surface area contributed by atoms with E-state index in [-0.39, 0.29) is 0 Å². The molecule has 0 N–H and O–H groups in total. The van der Waals surface area contributed by atoms with E-state index in [4.69, 9.17) is 6.42 Å². The molecule has 0 bridgehead atoms. The molecule has 1 aliphatic rings. The summed E-state index contributed by atoms with van der Waals surface area (Å²) in [4.78, 5) is 11.0. The third kappa shape index (κ3) is 2.98. The second kappa shape index (κ2) is 4.46. The van der Waals surface area contributed by atoms with Crippen LogP contribution in [0.2, 0.25) is 0 Å².